The van der Waals surface area contributed by atoms with Crippen LogP contribution in [0.1, 0.15) is 34.4 Å². The van der Waals surface area contributed by atoms with Crippen LogP contribution in [0.25, 0.3) is 0 Å². The van der Waals surface area contributed by atoms with E-state index in [0.29, 0.717) is 18.1 Å². The minimum Gasteiger partial charge on any atom is -0.493 e. The quantitative estimate of drug-likeness (QED) is 0.562. The zero-order valence-corrected chi connectivity index (χ0v) is 22.4. The van der Waals surface area contributed by atoms with Crippen molar-refractivity contribution in [1.29, 1.82) is 0 Å². The molecule has 3 aliphatic rings. The van der Waals surface area contributed by atoms with Crippen LogP contribution in [-0.4, -0.2) is 62.6 Å². The molecule has 1 atom stereocenters. The number of hydrogen-bond acceptors (Lipinski definition) is 7. The van der Waals surface area contributed by atoms with Gasteiger partial charge in [0.2, 0.25) is 5.95 Å². The van der Waals surface area contributed by atoms with Gasteiger partial charge in [0, 0.05) is 61.2 Å². The van der Waals surface area contributed by atoms with Gasteiger partial charge in [-0.3, -0.25) is 14.8 Å². The smallest absolute Gasteiger partial charge is 0.255 e. The number of benzene rings is 2. The summed E-state index contributed by atoms with van der Waals surface area (Å²) in [6.07, 6.45) is 3.25. The third-order valence-corrected chi connectivity index (χ3v) is 8.24. The Labute approximate surface area is 223 Å². The number of ether oxygens (including phenoxy) is 2. The number of H-pyrrole nitrogens is 1. The predicted molar refractivity (Wildman–Crippen MR) is 151 cm³/mol. The monoisotopic (exact) mass is 513 g/mol. The van der Waals surface area contributed by atoms with Crippen molar-refractivity contribution >= 4 is 17.3 Å². The molecule has 198 valence electrons. The number of aliphatic imine (C=N–C) groups is 1. The van der Waals surface area contributed by atoms with Crippen molar-refractivity contribution in [1.82, 2.24) is 9.97 Å². The molecule has 1 fully saturated rings. The minimum atomic E-state index is -0.0139. The third kappa shape index (κ3) is 4.42. The average Bonchev–Trinajstić information content (AvgIpc) is 2.96. The lowest BCUT2D eigenvalue weighted by molar-refractivity contribution is 0.354. The first-order chi connectivity index (χ1) is 18.6. The van der Waals surface area contributed by atoms with Gasteiger partial charge in [0.15, 0.2) is 11.5 Å². The summed E-state index contributed by atoms with van der Waals surface area (Å²) in [6.45, 7) is 6.38. The molecule has 3 aromatic rings. The largest absolute Gasteiger partial charge is 0.493 e. The third-order valence-electron chi connectivity index (χ3n) is 8.24. The van der Waals surface area contributed by atoms with E-state index in [9.17, 15) is 4.79 Å². The highest BCUT2D eigenvalue weighted by atomic mass is 16.5. The van der Waals surface area contributed by atoms with E-state index in [2.05, 4.69) is 52.0 Å². The standard InChI is InChI=1S/C30H35N5O3/c1-19-6-4-5-7-25(19)34-12-14-35(15-13-34)30-32-24-9-8-21(16-23(24)29(36)33-30)28-22-18-27(38-3)26(37-2)17-20(22)10-11-31-28/h4-7,17-18,21H,8-16H2,1-3H3,(H,32,33,36). The summed E-state index contributed by atoms with van der Waals surface area (Å²) in [5, 5.41) is 0. The molecule has 38 heavy (non-hydrogen) atoms. The molecule has 1 aromatic heterocycles. The lowest BCUT2D eigenvalue weighted by Crippen LogP contribution is -2.48. The topological polar surface area (TPSA) is 83.0 Å². The fraction of sp³-hybridized carbons (Fsp3) is 0.433. The van der Waals surface area contributed by atoms with Gasteiger partial charge < -0.3 is 19.3 Å². The van der Waals surface area contributed by atoms with Crippen LogP contribution >= 0.6 is 0 Å². The normalized spacial score (nSPS) is 18.9. The van der Waals surface area contributed by atoms with E-state index in [4.69, 9.17) is 19.5 Å². The maximum atomic E-state index is 13.3. The molecule has 1 unspecified atom stereocenters. The van der Waals surface area contributed by atoms with E-state index in [1.165, 1.54) is 16.8 Å². The van der Waals surface area contributed by atoms with Crippen LogP contribution in [0.5, 0.6) is 11.5 Å². The number of aromatic nitrogens is 2. The number of hydrogen-bond donors (Lipinski definition) is 1. The zero-order chi connectivity index (χ0) is 26.2. The summed E-state index contributed by atoms with van der Waals surface area (Å²) in [6, 6.07) is 12.6. The summed E-state index contributed by atoms with van der Waals surface area (Å²) in [7, 11) is 3.32. The second-order valence-electron chi connectivity index (χ2n) is 10.4. The molecule has 1 aliphatic carbocycles. The molecule has 8 heteroatoms. The highest BCUT2D eigenvalue weighted by molar-refractivity contribution is 6.05. The molecule has 1 saturated heterocycles. The number of fused-ring (bicyclic) bond motifs is 2. The molecular weight excluding hydrogens is 478 g/mol. The first-order valence-electron chi connectivity index (χ1n) is 13.5. The molecule has 0 bridgehead atoms. The first kappa shape index (κ1) is 24.5. The molecule has 0 spiro atoms. The number of para-hydroxylation sites is 1. The summed E-state index contributed by atoms with van der Waals surface area (Å²) < 4.78 is 11.1. The van der Waals surface area contributed by atoms with E-state index < -0.39 is 0 Å². The van der Waals surface area contributed by atoms with Crippen LogP contribution in [-0.2, 0) is 19.3 Å². The Morgan fingerprint density at radius 3 is 2.47 bits per heavy atom. The second-order valence-corrected chi connectivity index (χ2v) is 10.4. The maximum Gasteiger partial charge on any atom is 0.255 e. The number of aromatic amines is 1. The Hall–Kier alpha value is -3.81. The van der Waals surface area contributed by atoms with E-state index in [1.54, 1.807) is 14.2 Å². The highest BCUT2D eigenvalue weighted by Gasteiger charge is 2.31. The molecule has 1 N–H and O–H groups in total. The van der Waals surface area contributed by atoms with Crippen molar-refractivity contribution in [3.63, 3.8) is 0 Å². The van der Waals surface area contributed by atoms with Gasteiger partial charge >= 0.3 is 0 Å². The second kappa shape index (κ2) is 10.2. The molecular formula is C30H35N5O3. The Balaban J connectivity index is 1.20. The van der Waals surface area contributed by atoms with Crippen LogP contribution in [0.3, 0.4) is 0 Å². The Morgan fingerprint density at radius 2 is 1.71 bits per heavy atom. The van der Waals surface area contributed by atoms with Crippen LogP contribution in [0, 0.1) is 12.8 Å². The van der Waals surface area contributed by atoms with Crippen molar-refractivity contribution in [3.8, 4) is 11.5 Å². The summed E-state index contributed by atoms with van der Waals surface area (Å²) >= 11 is 0. The van der Waals surface area contributed by atoms with Crippen LogP contribution in [0.4, 0.5) is 11.6 Å². The lowest BCUT2D eigenvalue weighted by atomic mass is 9.79. The summed E-state index contributed by atoms with van der Waals surface area (Å²) in [5.41, 5.74) is 7.73. The van der Waals surface area contributed by atoms with Crippen molar-refractivity contribution in [2.45, 2.75) is 32.6 Å². The minimum absolute atomic E-state index is 0.0139. The molecule has 3 heterocycles. The summed E-state index contributed by atoms with van der Waals surface area (Å²) in [4.78, 5) is 30.9. The van der Waals surface area contributed by atoms with Gasteiger partial charge in [-0.1, -0.05) is 18.2 Å². The van der Waals surface area contributed by atoms with Gasteiger partial charge in [0.05, 0.1) is 19.9 Å². The van der Waals surface area contributed by atoms with Crippen LogP contribution in [0.2, 0.25) is 0 Å². The Bertz CT molecular complexity index is 1440. The van der Waals surface area contributed by atoms with Crippen molar-refractivity contribution in [2.75, 3.05) is 56.7 Å². The van der Waals surface area contributed by atoms with Crippen LogP contribution < -0.4 is 24.8 Å². The van der Waals surface area contributed by atoms with Gasteiger partial charge in [0.1, 0.15) is 0 Å². The fourth-order valence-corrected chi connectivity index (χ4v) is 6.17. The molecule has 2 aromatic carbocycles. The Kier molecular flexibility index (Phi) is 6.55. The van der Waals surface area contributed by atoms with Gasteiger partial charge in [-0.2, -0.15) is 0 Å². The average molecular weight is 514 g/mol. The molecule has 8 nitrogen and oxygen atoms in total. The SMILES string of the molecule is COc1cc2c(cc1OC)C(C1CCc3nc(N4CCN(c5ccccc5C)CC4)[nH]c(=O)c3C1)=NCC2. The predicted octanol–water partition coefficient (Wildman–Crippen LogP) is 3.57. The lowest BCUT2D eigenvalue weighted by Gasteiger charge is -2.37. The van der Waals surface area contributed by atoms with Crippen LogP contribution in [0.15, 0.2) is 46.2 Å². The number of nitrogens with one attached hydrogen (secondary N) is 1. The van der Waals surface area contributed by atoms with Gasteiger partial charge in [-0.15, -0.1) is 0 Å². The van der Waals surface area contributed by atoms with Gasteiger partial charge in [0.25, 0.3) is 5.56 Å². The first-order valence-corrected chi connectivity index (χ1v) is 13.5. The van der Waals surface area contributed by atoms with E-state index in [-0.39, 0.29) is 11.5 Å². The molecule has 6 rings (SSSR count). The van der Waals surface area contributed by atoms with E-state index in [1.807, 2.05) is 6.07 Å². The fourth-order valence-electron chi connectivity index (χ4n) is 6.17. The molecule has 0 saturated carbocycles. The van der Waals surface area contributed by atoms with Crippen molar-refractivity contribution in [2.24, 2.45) is 10.9 Å². The zero-order valence-electron chi connectivity index (χ0n) is 22.4. The van der Waals surface area contributed by atoms with E-state index >= 15 is 0 Å². The number of methoxy groups -OCH3 is 2. The number of piperazine rings is 1. The van der Waals surface area contributed by atoms with Gasteiger partial charge in [-0.05, 0) is 61.9 Å². The molecule has 2 aliphatic heterocycles. The van der Waals surface area contributed by atoms with Crippen molar-refractivity contribution < 1.29 is 9.47 Å². The van der Waals surface area contributed by atoms with Gasteiger partial charge in [-0.25, -0.2) is 4.98 Å². The molecule has 0 amide bonds. The van der Waals surface area contributed by atoms with Crippen molar-refractivity contribution in [3.05, 3.63) is 74.7 Å². The number of anilines is 2. The number of nitrogens with zero attached hydrogens (tertiary/aromatic N) is 4. The molecule has 0 radical (unpaired) electrons. The number of aryl methyl sites for hydroxylation is 2. The summed E-state index contributed by atoms with van der Waals surface area (Å²) in [5.74, 6) is 2.35. The van der Waals surface area contributed by atoms with E-state index in [0.717, 1.165) is 80.3 Å². The maximum absolute atomic E-state index is 13.3. The highest BCUT2D eigenvalue weighted by Crippen LogP contribution is 2.36. The number of rotatable bonds is 5. The Morgan fingerprint density at radius 1 is 0.974 bits per heavy atom.